The van der Waals surface area contributed by atoms with E-state index in [4.69, 9.17) is 20.1 Å². The van der Waals surface area contributed by atoms with Crippen LogP contribution in [-0.2, 0) is 25.3 Å². The number of likely N-dealkylation sites (tertiary alicyclic amines) is 1. The number of ether oxygens (including phenoxy) is 3. The number of benzene rings is 1. The third kappa shape index (κ3) is 18.4. The van der Waals surface area contributed by atoms with Crippen LogP contribution < -0.4 is 9.47 Å². The van der Waals surface area contributed by atoms with Gasteiger partial charge in [-0.05, 0) is 142 Å². The van der Waals surface area contributed by atoms with Crippen LogP contribution in [0.2, 0.25) is 0 Å². The Balaban J connectivity index is 1.34. The first kappa shape index (κ1) is 53.2. The van der Waals surface area contributed by atoms with Crippen molar-refractivity contribution >= 4 is 20.2 Å². The third-order valence-electron chi connectivity index (χ3n) is 13.7. The summed E-state index contributed by atoms with van der Waals surface area (Å²) in [5.74, 6) is 4.20. The highest BCUT2D eigenvalue weighted by molar-refractivity contribution is 7.50. The van der Waals surface area contributed by atoms with E-state index in [1.165, 1.54) is 56.9 Å². The Morgan fingerprint density at radius 3 is 2.13 bits per heavy atom. The van der Waals surface area contributed by atoms with Gasteiger partial charge >= 0.3 is 5.97 Å². The summed E-state index contributed by atoms with van der Waals surface area (Å²) in [6.45, 7) is 28.0. The van der Waals surface area contributed by atoms with Crippen molar-refractivity contribution in [1.29, 1.82) is 5.26 Å². The standard InChI is InChI=1S/C53H92N3O6P/c1-38(2)22-18-23-41(7)24-19-25-42(8)26-20-30-53(13)31-29-48-46(12)51(44(10)45(11)52(48)61-53)60-34-33-59-50(58)28-17-15-14-16-27-49(57)55-37-47(36-43(55)9)62-63(35-21-32-54)56(39(3)4)40(5)6/h38-43,47H,14-31,33-37H2,1-13H3/t41-,42-,43-,47-,53-,63?/m1/s1/i9D. The second-order valence-electron chi connectivity index (χ2n) is 20.6. The molecule has 1 saturated heterocycles. The average molecular weight is 899 g/mol. The van der Waals surface area contributed by atoms with E-state index in [2.05, 4.69) is 93.8 Å². The molecular weight excluding hydrogens is 806 g/mol. The fourth-order valence-corrected chi connectivity index (χ4v) is 12.1. The van der Waals surface area contributed by atoms with Gasteiger partial charge in [0.05, 0.1) is 12.2 Å². The number of rotatable bonds is 30. The molecule has 0 aliphatic carbocycles. The number of hydrogen-bond donors (Lipinski definition) is 0. The van der Waals surface area contributed by atoms with Crippen molar-refractivity contribution in [3.05, 3.63) is 22.3 Å². The molecule has 0 saturated carbocycles. The molecule has 6 atom stereocenters. The smallest absolute Gasteiger partial charge is 0.305 e. The van der Waals surface area contributed by atoms with Gasteiger partial charge in [0, 0.05) is 57.0 Å². The maximum Gasteiger partial charge on any atom is 0.305 e. The fraction of sp³-hybridized carbons (Fsp3) is 0.830. The Morgan fingerprint density at radius 2 is 1.51 bits per heavy atom. The van der Waals surface area contributed by atoms with Gasteiger partial charge in [-0.3, -0.25) is 14.3 Å². The molecule has 360 valence electrons. The molecule has 10 heteroatoms. The van der Waals surface area contributed by atoms with Gasteiger partial charge in [0.1, 0.15) is 38.6 Å². The van der Waals surface area contributed by atoms with Gasteiger partial charge in [0.2, 0.25) is 5.91 Å². The van der Waals surface area contributed by atoms with Gasteiger partial charge in [-0.25, -0.2) is 0 Å². The number of carbonyl (C=O) groups excluding carboxylic acids is 2. The average Bonchev–Trinajstić information content (AvgIpc) is 3.65. The molecule has 0 bridgehead atoms. The molecule has 2 aliphatic rings. The molecule has 1 aromatic rings. The predicted octanol–water partition coefficient (Wildman–Crippen LogP) is 13.7. The lowest BCUT2D eigenvalue weighted by atomic mass is 9.83. The van der Waals surface area contributed by atoms with Gasteiger partial charge in [-0.2, -0.15) is 5.26 Å². The van der Waals surface area contributed by atoms with E-state index in [9.17, 15) is 14.9 Å². The van der Waals surface area contributed by atoms with Crippen molar-refractivity contribution in [2.24, 2.45) is 17.8 Å². The van der Waals surface area contributed by atoms with Crippen LogP contribution in [0.15, 0.2) is 0 Å². The van der Waals surface area contributed by atoms with Crippen LogP contribution in [-0.4, -0.2) is 77.2 Å². The molecule has 0 aromatic heterocycles. The molecule has 3 rings (SSSR count). The Kier molecular flexibility index (Phi) is 23.6. The number of esters is 1. The molecule has 1 amide bonds. The number of unbranched alkanes of at least 4 members (excludes halogenated alkanes) is 3. The summed E-state index contributed by atoms with van der Waals surface area (Å²) in [7, 11) is -0.975. The van der Waals surface area contributed by atoms with Crippen LogP contribution in [0.1, 0.15) is 208 Å². The predicted molar refractivity (Wildman–Crippen MR) is 262 cm³/mol. The second kappa shape index (κ2) is 27.9. The number of fused-ring (bicyclic) bond motifs is 1. The molecule has 63 heavy (non-hydrogen) atoms. The SMILES string of the molecule is [2H]C[C@@H]1C[C@@H](OP(CCC#N)N(C(C)C)C(C)C)CN1C(=O)CCCCCCC(=O)OCCOc1c(C)c(C)c2c(c1C)CC[C@@](C)(CCC[C@H](C)CCC[C@H](C)CCCC(C)C)O2. The highest BCUT2D eigenvalue weighted by Crippen LogP contribution is 2.48. The minimum atomic E-state index is -0.975. The molecule has 2 aliphatic heterocycles. The molecular formula is C53H92N3O6P. The summed E-state index contributed by atoms with van der Waals surface area (Å²) >= 11 is 0. The number of nitrogens with zero attached hydrogens (tertiary/aromatic N) is 3. The number of nitriles is 1. The Labute approximate surface area is 388 Å². The van der Waals surface area contributed by atoms with Crippen molar-refractivity contribution in [3.8, 4) is 17.6 Å². The topological polar surface area (TPSA) is 101 Å². The zero-order valence-corrected chi connectivity index (χ0v) is 43.1. The Morgan fingerprint density at radius 1 is 0.873 bits per heavy atom. The minimum Gasteiger partial charge on any atom is -0.489 e. The summed E-state index contributed by atoms with van der Waals surface area (Å²) < 4.78 is 35.8. The lowest BCUT2D eigenvalue weighted by molar-refractivity contribution is -0.144. The fourth-order valence-electron chi connectivity index (χ4n) is 9.80. The van der Waals surface area contributed by atoms with E-state index in [0.29, 0.717) is 45.0 Å². The third-order valence-corrected chi connectivity index (χ3v) is 16.2. The van der Waals surface area contributed by atoms with Crippen LogP contribution in [0.5, 0.6) is 11.5 Å². The van der Waals surface area contributed by atoms with Crippen LogP contribution in [0.25, 0.3) is 0 Å². The molecule has 9 nitrogen and oxygen atoms in total. The monoisotopic (exact) mass is 899 g/mol. The maximum atomic E-state index is 13.3. The number of amides is 1. The molecule has 0 N–H and O–H groups in total. The van der Waals surface area contributed by atoms with Crippen molar-refractivity contribution in [3.63, 3.8) is 0 Å². The number of hydrogen-bond acceptors (Lipinski definition) is 8. The molecule has 1 aromatic carbocycles. The second-order valence-corrected chi connectivity index (χ2v) is 22.4. The first-order valence-corrected chi connectivity index (χ1v) is 26.6. The van der Waals surface area contributed by atoms with Crippen LogP contribution in [0.3, 0.4) is 0 Å². The van der Waals surface area contributed by atoms with Crippen molar-refractivity contribution in [2.75, 3.05) is 25.9 Å². The summed E-state index contributed by atoms with van der Waals surface area (Å²) in [6.07, 6.45) is 19.3. The Bertz CT molecular complexity index is 1590. The van der Waals surface area contributed by atoms with E-state index in [1.54, 1.807) is 0 Å². The molecule has 0 radical (unpaired) electrons. The van der Waals surface area contributed by atoms with Crippen molar-refractivity contribution in [2.45, 2.75) is 242 Å². The van der Waals surface area contributed by atoms with Crippen LogP contribution >= 0.6 is 8.30 Å². The first-order valence-electron chi connectivity index (χ1n) is 25.9. The summed E-state index contributed by atoms with van der Waals surface area (Å²) in [5.41, 5.74) is 4.46. The maximum absolute atomic E-state index is 13.3. The molecule has 1 fully saturated rings. The largest absolute Gasteiger partial charge is 0.489 e. The Hall–Kier alpha value is -2.40. The number of carbonyl (C=O) groups is 2. The van der Waals surface area contributed by atoms with Gasteiger partial charge in [-0.1, -0.05) is 85.5 Å². The van der Waals surface area contributed by atoms with Gasteiger partial charge < -0.3 is 23.6 Å². The molecule has 0 spiro atoms. The van der Waals surface area contributed by atoms with Crippen LogP contribution in [0.4, 0.5) is 0 Å². The lowest BCUT2D eigenvalue weighted by Gasteiger charge is -2.38. The van der Waals surface area contributed by atoms with Crippen molar-refractivity contribution < 1.29 is 29.7 Å². The highest BCUT2D eigenvalue weighted by atomic mass is 31.2. The summed E-state index contributed by atoms with van der Waals surface area (Å²) in [6, 6.07) is 2.71. The van der Waals surface area contributed by atoms with E-state index in [1.807, 2.05) is 4.90 Å². The minimum absolute atomic E-state index is 0.0772. The quantitative estimate of drug-likeness (QED) is 0.0427. The summed E-state index contributed by atoms with van der Waals surface area (Å²) in [5, 5.41) is 9.27. The lowest BCUT2D eigenvalue weighted by Crippen LogP contribution is -2.37. The van der Waals surface area contributed by atoms with E-state index < -0.39 is 8.30 Å². The zero-order chi connectivity index (χ0) is 47.4. The van der Waals surface area contributed by atoms with Gasteiger partial charge in [-0.15, -0.1) is 0 Å². The highest BCUT2D eigenvalue weighted by Gasteiger charge is 2.37. The van der Waals surface area contributed by atoms with Crippen molar-refractivity contribution in [1.82, 2.24) is 9.57 Å². The van der Waals surface area contributed by atoms with E-state index in [-0.39, 0.29) is 55.2 Å². The molecule has 2 heterocycles. The molecule has 1 unspecified atom stereocenters. The first-order chi connectivity index (χ1) is 30.4. The van der Waals surface area contributed by atoms with Gasteiger partial charge in [0.15, 0.2) is 0 Å². The van der Waals surface area contributed by atoms with E-state index >= 15 is 0 Å². The summed E-state index contributed by atoms with van der Waals surface area (Å²) in [4.78, 5) is 27.7. The zero-order valence-electron chi connectivity index (χ0n) is 43.3. The van der Waals surface area contributed by atoms with E-state index in [0.717, 1.165) is 90.9 Å². The van der Waals surface area contributed by atoms with Gasteiger partial charge in [0.25, 0.3) is 0 Å². The normalized spacial score (nSPS) is 20.4. The van der Waals surface area contributed by atoms with Crippen LogP contribution in [0, 0.1) is 49.9 Å².